The average molecular weight is 170 g/mol. The van der Waals surface area contributed by atoms with Gasteiger partial charge in [0.2, 0.25) is 0 Å². The first kappa shape index (κ1) is 7.25. The first-order valence-electron chi connectivity index (χ1n) is 3.78. The fourth-order valence-corrected chi connectivity index (χ4v) is 1.91. The minimum absolute atomic E-state index is 0.184. The predicted octanol–water partition coefficient (Wildman–Crippen LogP) is 2.78. The summed E-state index contributed by atoms with van der Waals surface area (Å²) >= 11 is 1.54. The van der Waals surface area contributed by atoms with E-state index >= 15 is 0 Å². The second-order valence-corrected chi connectivity index (χ2v) is 3.40. The molecule has 0 N–H and O–H groups in total. The van der Waals surface area contributed by atoms with Crippen molar-refractivity contribution in [3.63, 3.8) is 0 Å². The van der Waals surface area contributed by atoms with Gasteiger partial charge in [-0.2, -0.15) is 0 Å². The maximum Gasteiger partial charge on any atom is 0.133 e. The summed E-state index contributed by atoms with van der Waals surface area (Å²) in [7, 11) is 0. The first-order valence-corrected chi connectivity index (χ1v) is 4.69. The van der Waals surface area contributed by atoms with Crippen molar-refractivity contribution in [1.29, 1.82) is 0 Å². The van der Waals surface area contributed by atoms with E-state index in [9.17, 15) is 0 Å². The zero-order chi connectivity index (χ0) is 7.52. The molecule has 1 unspecified atom stereocenters. The Kier molecular flexibility index (Phi) is 2.19. The van der Waals surface area contributed by atoms with Crippen molar-refractivity contribution in [3.05, 3.63) is 24.2 Å². The molecule has 1 aliphatic rings. The molecule has 2 nitrogen and oxygen atoms in total. The topological polar surface area (TPSA) is 22.4 Å². The quantitative estimate of drug-likeness (QED) is 0.605. The molecule has 11 heavy (non-hydrogen) atoms. The fourth-order valence-electron chi connectivity index (χ4n) is 1.17. The van der Waals surface area contributed by atoms with Crippen LogP contribution in [0.1, 0.15) is 24.7 Å². The summed E-state index contributed by atoms with van der Waals surface area (Å²) in [6.07, 6.45) is 4.18. The first-order chi connectivity index (χ1) is 5.47. The van der Waals surface area contributed by atoms with Crippen LogP contribution >= 0.6 is 12.0 Å². The van der Waals surface area contributed by atoms with Gasteiger partial charge < -0.3 is 8.60 Å². The minimum atomic E-state index is 0.184. The van der Waals surface area contributed by atoms with E-state index in [1.807, 2.05) is 12.1 Å². The van der Waals surface area contributed by atoms with Crippen LogP contribution in [0.3, 0.4) is 0 Å². The van der Waals surface area contributed by atoms with Gasteiger partial charge in [0.15, 0.2) is 0 Å². The summed E-state index contributed by atoms with van der Waals surface area (Å²) in [6.45, 7) is 0. The van der Waals surface area contributed by atoms with Gasteiger partial charge in [-0.15, -0.1) is 0 Å². The molecule has 0 spiro atoms. The normalized spacial score (nSPS) is 25.3. The maximum atomic E-state index is 5.45. The number of rotatable bonds is 1. The zero-order valence-corrected chi connectivity index (χ0v) is 6.97. The molecule has 60 valence electrons. The highest BCUT2D eigenvalue weighted by molar-refractivity contribution is 7.94. The van der Waals surface area contributed by atoms with Gasteiger partial charge in [0.25, 0.3) is 0 Å². The van der Waals surface area contributed by atoms with Gasteiger partial charge in [-0.05, 0) is 37.0 Å². The predicted molar refractivity (Wildman–Crippen MR) is 44.2 cm³/mol. The lowest BCUT2D eigenvalue weighted by atomic mass is 10.2. The molecule has 0 bridgehead atoms. The van der Waals surface area contributed by atoms with E-state index in [0.717, 1.165) is 17.9 Å². The van der Waals surface area contributed by atoms with Crippen LogP contribution in [-0.2, 0) is 4.18 Å². The molecule has 1 saturated heterocycles. The Hall–Kier alpha value is -0.410. The van der Waals surface area contributed by atoms with E-state index in [1.54, 1.807) is 18.3 Å². The Bertz CT molecular complexity index is 202. The van der Waals surface area contributed by atoms with Gasteiger partial charge in [0, 0.05) is 5.75 Å². The van der Waals surface area contributed by atoms with E-state index in [1.165, 1.54) is 6.42 Å². The lowest BCUT2D eigenvalue weighted by Gasteiger charge is -2.18. The fraction of sp³-hybridized carbons (Fsp3) is 0.500. The number of hydrogen-bond acceptors (Lipinski definition) is 3. The van der Waals surface area contributed by atoms with Crippen molar-refractivity contribution >= 4 is 12.0 Å². The molecule has 0 saturated carbocycles. The minimum Gasteiger partial charge on any atom is -0.467 e. The highest BCUT2D eigenvalue weighted by Gasteiger charge is 2.18. The Morgan fingerprint density at radius 2 is 2.55 bits per heavy atom. The molecule has 1 atom stereocenters. The van der Waals surface area contributed by atoms with Crippen molar-refractivity contribution in [2.45, 2.75) is 18.9 Å². The second kappa shape index (κ2) is 3.32. The Labute approximate surface area is 70.1 Å². The molecule has 0 amide bonds. The van der Waals surface area contributed by atoms with Crippen LogP contribution in [0.4, 0.5) is 0 Å². The lowest BCUT2D eigenvalue weighted by molar-refractivity contribution is 0.187. The largest absolute Gasteiger partial charge is 0.467 e. The third-order valence-corrected chi connectivity index (χ3v) is 2.56. The van der Waals surface area contributed by atoms with E-state index in [2.05, 4.69) is 0 Å². The standard InChI is InChI=1S/C8H10O2S/c1-3-7(9-5-1)8-4-2-6-11-10-8/h1,3,5,8H,2,4,6H2. The zero-order valence-electron chi connectivity index (χ0n) is 6.16. The molecule has 0 aromatic carbocycles. The monoisotopic (exact) mass is 170 g/mol. The molecule has 2 heterocycles. The maximum absolute atomic E-state index is 5.45. The summed E-state index contributed by atoms with van der Waals surface area (Å²) in [4.78, 5) is 0. The lowest BCUT2D eigenvalue weighted by Crippen LogP contribution is -2.04. The van der Waals surface area contributed by atoms with E-state index in [4.69, 9.17) is 8.60 Å². The molecule has 0 aliphatic carbocycles. The van der Waals surface area contributed by atoms with E-state index in [0.29, 0.717) is 0 Å². The van der Waals surface area contributed by atoms with Crippen molar-refractivity contribution in [2.24, 2.45) is 0 Å². The summed E-state index contributed by atoms with van der Waals surface area (Å²) in [5.74, 6) is 2.06. The number of hydrogen-bond donors (Lipinski definition) is 0. The smallest absolute Gasteiger partial charge is 0.133 e. The van der Waals surface area contributed by atoms with Crippen LogP contribution in [0.2, 0.25) is 0 Å². The van der Waals surface area contributed by atoms with E-state index in [-0.39, 0.29) is 6.10 Å². The molecule has 1 aromatic rings. The summed E-state index contributed by atoms with van der Waals surface area (Å²) in [5, 5.41) is 0. The van der Waals surface area contributed by atoms with Gasteiger partial charge in [0.05, 0.1) is 6.26 Å². The Morgan fingerprint density at radius 1 is 1.55 bits per heavy atom. The van der Waals surface area contributed by atoms with Crippen LogP contribution in [0, 0.1) is 0 Å². The Balaban J connectivity index is 2.04. The Morgan fingerprint density at radius 3 is 3.18 bits per heavy atom. The SMILES string of the molecule is c1coc(C2CCCSO2)c1. The van der Waals surface area contributed by atoms with Gasteiger partial charge in [-0.1, -0.05) is 0 Å². The van der Waals surface area contributed by atoms with Crippen molar-refractivity contribution < 1.29 is 8.60 Å². The second-order valence-electron chi connectivity index (χ2n) is 2.56. The third-order valence-electron chi connectivity index (χ3n) is 1.74. The third kappa shape index (κ3) is 1.60. The highest BCUT2D eigenvalue weighted by Crippen LogP contribution is 2.32. The highest BCUT2D eigenvalue weighted by atomic mass is 32.2. The average Bonchev–Trinajstić information content (AvgIpc) is 2.58. The summed E-state index contributed by atoms with van der Waals surface area (Å²) in [6, 6.07) is 3.87. The molecule has 2 rings (SSSR count). The molecular weight excluding hydrogens is 160 g/mol. The number of furan rings is 1. The molecule has 0 radical (unpaired) electrons. The molecular formula is C8H10O2S. The van der Waals surface area contributed by atoms with Gasteiger partial charge in [-0.3, -0.25) is 0 Å². The molecule has 1 fully saturated rings. The molecule has 1 aliphatic heterocycles. The van der Waals surface area contributed by atoms with Gasteiger partial charge >= 0.3 is 0 Å². The van der Waals surface area contributed by atoms with Crippen LogP contribution in [0.25, 0.3) is 0 Å². The summed E-state index contributed by atoms with van der Waals surface area (Å²) in [5.41, 5.74) is 0. The van der Waals surface area contributed by atoms with Crippen LogP contribution in [0.5, 0.6) is 0 Å². The van der Waals surface area contributed by atoms with Crippen molar-refractivity contribution in [1.82, 2.24) is 0 Å². The van der Waals surface area contributed by atoms with Crippen molar-refractivity contribution in [2.75, 3.05) is 5.75 Å². The van der Waals surface area contributed by atoms with Crippen molar-refractivity contribution in [3.8, 4) is 0 Å². The molecule has 1 aromatic heterocycles. The summed E-state index contributed by atoms with van der Waals surface area (Å²) < 4.78 is 10.7. The van der Waals surface area contributed by atoms with Gasteiger partial charge in [-0.25, -0.2) is 0 Å². The van der Waals surface area contributed by atoms with Crippen LogP contribution in [0.15, 0.2) is 22.8 Å². The van der Waals surface area contributed by atoms with Gasteiger partial charge in [0.1, 0.15) is 11.9 Å². The van der Waals surface area contributed by atoms with E-state index < -0.39 is 0 Å². The van der Waals surface area contributed by atoms with Crippen LogP contribution in [-0.4, -0.2) is 5.75 Å². The molecule has 3 heteroatoms. The van der Waals surface area contributed by atoms with Crippen LogP contribution < -0.4 is 0 Å².